The van der Waals surface area contributed by atoms with Crippen LogP contribution in [0.15, 0.2) is 48.5 Å². The SMILES string of the molecule is CCNC(=O)[C@@H](C)N(Cc1ccc(OC)cc1)C(=O)CN(c1ccc(OCC)cc1)S(C)(=O)=O. The van der Waals surface area contributed by atoms with Crippen LogP contribution in [0.5, 0.6) is 11.5 Å². The average Bonchev–Trinajstić information content (AvgIpc) is 2.81. The van der Waals surface area contributed by atoms with Gasteiger partial charge in [-0.2, -0.15) is 0 Å². The van der Waals surface area contributed by atoms with E-state index in [-0.39, 0.29) is 12.5 Å². The number of carbonyl (C=O) groups excluding carboxylic acids is 2. The first kappa shape index (κ1) is 27.0. The molecule has 9 nitrogen and oxygen atoms in total. The fraction of sp³-hybridized carbons (Fsp3) is 0.417. The van der Waals surface area contributed by atoms with E-state index in [0.29, 0.717) is 30.3 Å². The fourth-order valence-corrected chi connectivity index (χ4v) is 4.17. The Labute approximate surface area is 201 Å². The highest BCUT2D eigenvalue weighted by atomic mass is 32.2. The minimum Gasteiger partial charge on any atom is -0.497 e. The zero-order valence-corrected chi connectivity index (χ0v) is 21.1. The van der Waals surface area contributed by atoms with Gasteiger partial charge in [-0.3, -0.25) is 13.9 Å². The maximum absolute atomic E-state index is 13.4. The summed E-state index contributed by atoms with van der Waals surface area (Å²) in [6, 6.07) is 12.8. The zero-order valence-electron chi connectivity index (χ0n) is 20.3. The van der Waals surface area contributed by atoms with E-state index >= 15 is 0 Å². The maximum Gasteiger partial charge on any atom is 0.244 e. The van der Waals surface area contributed by atoms with Gasteiger partial charge in [0.1, 0.15) is 24.1 Å². The molecule has 0 saturated heterocycles. The van der Waals surface area contributed by atoms with Crippen LogP contribution in [0.3, 0.4) is 0 Å². The number of sulfonamides is 1. The van der Waals surface area contributed by atoms with Gasteiger partial charge in [0, 0.05) is 13.1 Å². The van der Waals surface area contributed by atoms with Gasteiger partial charge in [-0.25, -0.2) is 8.42 Å². The number of hydrogen-bond acceptors (Lipinski definition) is 6. The van der Waals surface area contributed by atoms with Gasteiger partial charge in [0.15, 0.2) is 0 Å². The van der Waals surface area contributed by atoms with Gasteiger partial charge in [0.25, 0.3) is 0 Å². The lowest BCUT2D eigenvalue weighted by Crippen LogP contribution is -2.51. The smallest absolute Gasteiger partial charge is 0.244 e. The molecule has 0 aromatic heterocycles. The molecule has 0 aliphatic rings. The molecule has 0 unspecified atom stereocenters. The second-order valence-corrected chi connectivity index (χ2v) is 9.54. The summed E-state index contributed by atoms with van der Waals surface area (Å²) in [7, 11) is -2.22. The molecule has 2 rings (SSSR count). The van der Waals surface area contributed by atoms with Crippen molar-refractivity contribution >= 4 is 27.5 Å². The summed E-state index contributed by atoms with van der Waals surface area (Å²) in [5.41, 5.74) is 1.10. The molecule has 0 spiro atoms. The Hall–Kier alpha value is -3.27. The lowest BCUT2D eigenvalue weighted by atomic mass is 10.1. The highest BCUT2D eigenvalue weighted by Crippen LogP contribution is 2.23. The van der Waals surface area contributed by atoms with E-state index in [0.717, 1.165) is 16.1 Å². The van der Waals surface area contributed by atoms with Crippen LogP contribution in [-0.2, 0) is 26.2 Å². The minimum atomic E-state index is -3.78. The number of rotatable bonds is 12. The number of methoxy groups -OCH3 is 1. The predicted octanol–water partition coefficient (Wildman–Crippen LogP) is 2.41. The molecule has 1 atom stereocenters. The number of nitrogens with zero attached hydrogens (tertiary/aromatic N) is 2. The topological polar surface area (TPSA) is 105 Å². The molecule has 2 aromatic rings. The van der Waals surface area contributed by atoms with Crippen LogP contribution in [0.25, 0.3) is 0 Å². The van der Waals surface area contributed by atoms with Crippen molar-refractivity contribution in [3.8, 4) is 11.5 Å². The monoisotopic (exact) mass is 491 g/mol. The predicted molar refractivity (Wildman–Crippen MR) is 131 cm³/mol. The molecule has 2 aromatic carbocycles. The summed E-state index contributed by atoms with van der Waals surface area (Å²) >= 11 is 0. The largest absolute Gasteiger partial charge is 0.497 e. The number of anilines is 1. The van der Waals surface area contributed by atoms with E-state index in [1.807, 2.05) is 6.92 Å². The van der Waals surface area contributed by atoms with Gasteiger partial charge >= 0.3 is 0 Å². The van der Waals surface area contributed by atoms with E-state index in [2.05, 4.69) is 5.32 Å². The first-order valence-corrected chi connectivity index (χ1v) is 12.9. The van der Waals surface area contributed by atoms with Gasteiger partial charge in [0.2, 0.25) is 21.8 Å². The summed E-state index contributed by atoms with van der Waals surface area (Å²) in [4.78, 5) is 27.3. The molecule has 2 amide bonds. The second-order valence-electron chi connectivity index (χ2n) is 7.64. The van der Waals surface area contributed by atoms with E-state index in [1.54, 1.807) is 69.5 Å². The van der Waals surface area contributed by atoms with E-state index in [4.69, 9.17) is 9.47 Å². The highest BCUT2D eigenvalue weighted by Gasteiger charge is 2.29. The molecular weight excluding hydrogens is 458 g/mol. The quantitative estimate of drug-likeness (QED) is 0.489. The Morgan fingerprint density at radius 1 is 1.00 bits per heavy atom. The summed E-state index contributed by atoms with van der Waals surface area (Å²) in [5.74, 6) is 0.430. The summed E-state index contributed by atoms with van der Waals surface area (Å²) < 4.78 is 36.7. The van der Waals surface area contributed by atoms with Gasteiger partial charge in [-0.15, -0.1) is 0 Å². The molecule has 0 bridgehead atoms. The van der Waals surface area contributed by atoms with E-state index < -0.39 is 28.5 Å². The van der Waals surface area contributed by atoms with E-state index in [1.165, 1.54) is 4.90 Å². The van der Waals surface area contributed by atoms with Crippen LogP contribution in [0.1, 0.15) is 26.3 Å². The van der Waals surface area contributed by atoms with Crippen molar-refractivity contribution < 1.29 is 27.5 Å². The lowest BCUT2D eigenvalue weighted by molar-refractivity contribution is -0.139. The Balaban J connectivity index is 2.34. The Bertz CT molecular complexity index is 1060. The standard InChI is InChI=1S/C24H33N3O6S/c1-6-25-24(29)18(3)26(16-19-8-12-21(32-4)13-9-19)23(28)17-27(34(5,30)31)20-10-14-22(15-11-20)33-7-2/h8-15,18H,6-7,16-17H2,1-5H3,(H,25,29)/t18-/m1/s1. The third-order valence-electron chi connectivity index (χ3n) is 5.15. The third kappa shape index (κ3) is 7.38. The molecule has 10 heteroatoms. The van der Waals surface area contributed by atoms with Gasteiger partial charge in [-0.05, 0) is 62.7 Å². The molecule has 0 aliphatic carbocycles. The maximum atomic E-state index is 13.4. The number of amides is 2. The molecule has 186 valence electrons. The highest BCUT2D eigenvalue weighted by molar-refractivity contribution is 7.92. The third-order valence-corrected chi connectivity index (χ3v) is 6.29. The molecule has 34 heavy (non-hydrogen) atoms. The Morgan fingerprint density at radius 2 is 1.59 bits per heavy atom. The molecule has 0 fully saturated rings. The summed E-state index contributed by atoms with van der Waals surface area (Å²) in [5, 5.41) is 2.72. The van der Waals surface area contributed by atoms with Crippen molar-refractivity contribution in [2.45, 2.75) is 33.4 Å². The van der Waals surface area contributed by atoms with Crippen LogP contribution in [0, 0.1) is 0 Å². The van der Waals surface area contributed by atoms with E-state index in [9.17, 15) is 18.0 Å². The van der Waals surface area contributed by atoms with Crippen molar-refractivity contribution in [1.29, 1.82) is 0 Å². The van der Waals surface area contributed by atoms with Gasteiger partial charge in [0.05, 0.1) is 25.7 Å². The van der Waals surface area contributed by atoms with Crippen LogP contribution in [0.4, 0.5) is 5.69 Å². The van der Waals surface area contributed by atoms with Gasteiger partial charge in [-0.1, -0.05) is 12.1 Å². The van der Waals surface area contributed by atoms with Crippen molar-refractivity contribution in [3.63, 3.8) is 0 Å². The normalized spacial score (nSPS) is 11.9. The molecular formula is C24H33N3O6S. The molecule has 0 heterocycles. The van der Waals surface area contributed by atoms with Crippen LogP contribution in [0.2, 0.25) is 0 Å². The second kappa shape index (κ2) is 12.3. The first-order valence-electron chi connectivity index (χ1n) is 11.0. The summed E-state index contributed by atoms with van der Waals surface area (Å²) in [6.45, 7) is 5.82. The number of nitrogens with one attached hydrogen (secondary N) is 1. The molecule has 0 saturated carbocycles. The number of hydrogen-bond donors (Lipinski definition) is 1. The Morgan fingerprint density at radius 3 is 2.09 bits per heavy atom. The Kier molecular flexibility index (Phi) is 9.73. The zero-order chi connectivity index (χ0) is 25.3. The van der Waals surface area contributed by atoms with Crippen molar-refractivity contribution in [2.75, 3.05) is 37.4 Å². The number of carbonyl (C=O) groups is 2. The van der Waals surface area contributed by atoms with Crippen LogP contribution < -0.4 is 19.1 Å². The number of benzene rings is 2. The van der Waals surface area contributed by atoms with Crippen molar-refractivity contribution in [2.24, 2.45) is 0 Å². The van der Waals surface area contributed by atoms with Crippen molar-refractivity contribution in [3.05, 3.63) is 54.1 Å². The molecule has 0 radical (unpaired) electrons. The lowest BCUT2D eigenvalue weighted by Gasteiger charge is -2.31. The van der Waals surface area contributed by atoms with Gasteiger partial charge < -0.3 is 19.7 Å². The van der Waals surface area contributed by atoms with Crippen LogP contribution in [-0.4, -0.2) is 64.2 Å². The molecule has 0 aliphatic heterocycles. The fourth-order valence-electron chi connectivity index (χ4n) is 3.32. The number of ether oxygens (including phenoxy) is 2. The molecule has 1 N–H and O–H groups in total. The number of likely N-dealkylation sites (N-methyl/N-ethyl adjacent to an activating group) is 1. The van der Waals surface area contributed by atoms with Crippen LogP contribution >= 0.6 is 0 Å². The minimum absolute atomic E-state index is 0.127. The first-order chi connectivity index (χ1) is 16.1. The average molecular weight is 492 g/mol. The summed E-state index contributed by atoms with van der Waals surface area (Å²) in [6.07, 6.45) is 1.04. The van der Waals surface area contributed by atoms with Crippen molar-refractivity contribution in [1.82, 2.24) is 10.2 Å².